The molecule has 17 heavy (non-hydrogen) atoms. The van der Waals surface area contributed by atoms with Gasteiger partial charge in [0.05, 0.1) is 32.9 Å². The van der Waals surface area contributed by atoms with Crippen LogP contribution in [0.25, 0.3) is 0 Å². The second-order valence-corrected chi connectivity index (χ2v) is 3.77. The topological polar surface area (TPSA) is 55.8 Å². The third-order valence-electron chi connectivity index (χ3n) is 2.63. The zero-order chi connectivity index (χ0) is 12.4. The van der Waals surface area contributed by atoms with Gasteiger partial charge in [0.2, 0.25) is 5.91 Å². The molecular formula is C12H13NO4. The van der Waals surface area contributed by atoms with Crippen molar-refractivity contribution in [2.75, 3.05) is 25.7 Å². The zero-order valence-corrected chi connectivity index (χ0v) is 9.73. The van der Waals surface area contributed by atoms with Gasteiger partial charge in [-0.1, -0.05) is 0 Å². The van der Waals surface area contributed by atoms with Crippen LogP contribution in [0.2, 0.25) is 0 Å². The predicted octanol–water partition coefficient (Wildman–Crippen LogP) is 1.01. The van der Waals surface area contributed by atoms with Crippen LogP contribution in [0.15, 0.2) is 18.2 Å². The predicted molar refractivity (Wildman–Crippen MR) is 61.5 cm³/mol. The molecule has 5 nitrogen and oxygen atoms in total. The van der Waals surface area contributed by atoms with E-state index in [2.05, 4.69) is 0 Å². The molecule has 0 N–H and O–H groups in total. The van der Waals surface area contributed by atoms with Gasteiger partial charge in [-0.3, -0.25) is 9.59 Å². The van der Waals surface area contributed by atoms with Gasteiger partial charge < -0.3 is 14.4 Å². The van der Waals surface area contributed by atoms with Crippen LogP contribution >= 0.6 is 0 Å². The smallest absolute Gasteiger partial charge is 0.234 e. The number of rotatable bonds is 3. The standard InChI is InChI=1S/C12H13NO4/c1-16-10-3-8(4-11(6-10)17-2)13-7-9(14)5-12(13)15/h3-4,6H,5,7H2,1-2H3. The number of amides is 1. The molecule has 1 aromatic carbocycles. The molecule has 0 aliphatic carbocycles. The lowest BCUT2D eigenvalue weighted by Crippen LogP contribution is -2.24. The van der Waals surface area contributed by atoms with Gasteiger partial charge in [0, 0.05) is 18.2 Å². The second kappa shape index (κ2) is 4.45. The van der Waals surface area contributed by atoms with Gasteiger partial charge in [-0.25, -0.2) is 0 Å². The van der Waals surface area contributed by atoms with E-state index < -0.39 is 0 Å². The van der Waals surface area contributed by atoms with Gasteiger partial charge >= 0.3 is 0 Å². The summed E-state index contributed by atoms with van der Waals surface area (Å²) in [6, 6.07) is 5.13. The molecule has 0 spiro atoms. The number of ether oxygens (including phenoxy) is 2. The van der Waals surface area contributed by atoms with E-state index in [0.717, 1.165) is 0 Å². The maximum absolute atomic E-state index is 11.6. The largest absolute Gasteiger partial charge is 0.497 e. The van der Waals surface area contributed by atoms with Crippen LogP contribution in [0, 0.1) is 0 Å². The summed E-state index contributed by atoms with van der Waals surface area (Å²) in [6.07, 6.45) is -0.0282. The Kier molecular flexibility index (Phi) is 2.99. The van der Waals surface area contributed by atoms with Gasteiger partial charge in [0.1, 0.15) is 11.5 Å². The van der Waals surface area contributed by atoms with Crippen molar-refractivity contribution < 1.29 is 19.1 Å². The lowest BCUT2D eigenvalue weighted by Gasteiger charge is -2.16. The molecule has 5 heteroatoms. The Balaban J connectivity index is 2.37. The maximum Gasteiger partial charge on any atom is 0.234 e. The van der Waals surface area contributed by atoms with Crippen LogP contribution in [0.1, 0.15) is 6.42 Å². The van der Waals surface area contributed by atoms with E-state index in [1.54, 1.807) is 18.2 Å². The molecule has 0 unspecified atom stereocenters. The number of methoxy groups -OCH3 is 2. The molecule has 1 amide bonds. The Bertz CT molecular complexity index is 447. The molecule has 1 heterocycles. The summed E-state index contributed by atoms with van der Waals surface area (Å²) in [5.41, 5.74) is 0.622. The number of anilines is 1. The highest BCUT2D eigenvalue weighted by Crippen LogP contribution is 2.30. The van der Waals surface area contributed by atoms with E-state index in [9.17, 15) is 9.59 Å². The van der Waals surface area contributed by atoms with Gasteiger partial charge in [0.15, 0.2) is 5.78 Å². The minimum Gasteiger partial charge on any atom is -0.497 e. The van der Waals surface area contributed by atoms with Crippen molar-refractivity contribution in [3.05, 3.63) is 18.2 Å². The molecule has 0 bridgehead atoms. The SMILES string of the molecule is COc1cc(OC)cc(N2CC(=O)CC2=O)c1. The average Bonchev–Trinajstić information content (AvgIpc) is 2.67. The number of hydrogen-bond donors (Lipinski definition) is 0. The van der Waals surface area contributed by atoms with Crippen LogP contribution in [-0.2, 0) is 9.59 Å². The quantitative estimate of drug-likeness (QED) is 0.734. The summed E-state index contributed by atoms with van der Waals surface area (Å²) in [7, 11) is 3.07. The van der Waals surface area contributed by atoms with E-state index in [1.165, 1.54) is 19.1 Å². The second-order valence-electron chi connectivity index (χ2n) is 3.77. The number of Topliss-reactive ketones (excluding diaryl/α,β-unsaturated/α-hetero) is 1. The molecule has 2 rings (SSSR count). The number of carbonyl (C=O) groups is 2. The van der Waals surface area contributed by atoms with Gasteiger partial charge in [0.25, 0.3) is 0 Å². The van der Waals surface area contributed by atoms with Crippen LogP contribution < -0.4 is 14.4 Å². The lowest BCUT2D eigenvalue weighted by atomic mass is 10.2. The van der Waals surface area contributed by atoms with Crippen molar-refractivity contribution in [3.8, 4) is 11.5 Å². The molecule has 0 saturated carbocycles. The number of hydrogen-bond acceptors (Lipinski definition) is 4. The zero-order valence-electron chi connectivity index (χ0n) is 9.73. The van der Waals surface area contributed by atoms with Crippen LogP contribution in [0.4, 0.5) is 5.69 Å². The van der Waals surface area contributed by atoms with Crippen molar-refractivity contribution in [1.29, 1.82) is 0 Å². The van der Waals surface area contributed by atoms with Gasteiger partial charge in [-0.15, -0.1) is 0 Å². The molecule has 1 aliphatic heterocycles. The number of ketones is 1. The number of benzene rings is 1. The lowest BCUT2D eigenvalue weighted by molar-refractivity contribution is -0.121. The van der Waals surface area contributed by atoms with Crippen molar-refractivity contribution in [3.63, 3.8) is 0 Å². The highest BCUT2D eigenvalue weighted by molar-refractivity contribution is 6.15. The minimum atomic E-state index is -0.190. The number of nitrogens with zero attached hydrogens (tertiary/aromatic N) is 1. The van der Waals surface area contributed by atoms with Crippen molar-refractivity contribution in [2.24, 2.45) is 0 Å². The molecule has 1 saturated heterocycles. The first-order chi connectivity index (χ1) is 8.13. The van der Waals surface area contributed by atoms with Crippen LogP contribution in [-0.4, -0.2) is 32.5 Å². The molecule has 0 aromatic heterocycles. The molecule has 1 aromatic rings. The number of carbonyl (C=O) groups excluding carboxylic acids is 2. The Labute approximate surface area is 98.9 Å². The van der Waals surface area contributed by atoms with E-state index in [4.69, 9.17) is 9.47 Å². The fraction of sp³-hybridized carbons (Fsp3) is 0.333. The average molecular weight is 235 g/mol. The first-order valence-corrected chi connectivity index (χ1v) is 5.19. The fourth-order valence-corrected chi connectivity index (χ4v) is 1.77. The van der Waals surface area contributed by atoms with Crippen molar-refractivity contribution >= 4 is 17.4 Å². The van der Waals surface area contributed by atoms with Gasteiger partial charge in [-0.05, 0) is 0 Å². The first kappa shape index (κ1) is 11.4. The summed E-state index contributed by atoms with van der Waals surface area (Å²) in [5, 5.41) is 0. The summed E-state index contributed by atoms with van der Waals surface area (Å²) in [4.78, 5) is 24.3. The highest BCUT2D eigenvalue weighted by atomic mass is 16.5. The Morgan fingerprint density at radius 2 is 1.65 bits per heavy atom. The molecule has 0 radical (unpaired) electrons. The molecular weight excluding hydrogens is 222 g/mol. The monoisotopic (exact) mass is 235 g/mol. The highest BCUT2D eigenvalue weighted by Gasteiger charge is 2.29. The van der Waals surface area contributed by atoms with Crippen LogP contribution in [0.5, 0.6) is 11.5 Å². The maximum atomic E-state index is 11.6. The Morgan fingerprint density at radius 1 is 1.06 bits per heavy atom. The van der Waals surface area contributed by atoms with E-state index >= 15 is 0 Å². The molecule has 1 aliphatic rings. The Morgan fingerprint density at radius 3 is 2.06 bits per heavy atom. The minimum absolute atomic E-state index is 0.0282. The van der Waals surface area contributed by atoms with Crippen molar-refractivity contribution in [1.82, 2.24) is 0 Å². The molecule has 0 atom stereocenters. The first-order valence-electron chi connectivity index (χ1n) is 5.19. The molecule has 1 fully saturated rings. The normalized spacial score (nSPS) is 15.3. The summed E-state index contributed by atoms with van der Waals surface area (Å²) in [6.45, 7) is 0.120. The van der Waals surface area contributed by atoms with E-state index in [0.29, 0.717) is 17.2 Å². The third kappa shape index (κ3) is 2.22. The van der Waals surface area contributed by atoms with E-state index in [1.807, 2.05) is 0 Å². The van der Waals surface area contributed by atoms with E-state index in [-0.39, 0.29) is 24.7 Å². The third-order valence-corrected chi connectivity index (χ3v) is 2.63. The summed E-state index contributed by atoms with van der Waals surface area (Å²) in [5.74, 6) is 0.917. The van der Waals surface area contributed by atoms with Crippen molar-refractivity contribution in [2.45, 2.75) is 6.42 Å². The fourth-order valence-electron chi connectivity index (χ4n) is 1.77. The van der Waals surface area contributed by atoms with Crippen LogP contribution in [0.3, 0.4) is 0 Å². The summed E-state index contributed by atoms with van der Waals surface area (Å²) < 4.78 is 10.2. The Hall–Kier alpha value is -2.04. The summed E-state index contributed by atoms with van der Waals surface area (Å²) >= 11 is 0. The van der Waals surface area contributed by atoms with Gasteiger partial charge in [-0.2, -0.15) is 0 Å². The molecule has 90 valence electrons.